The van der Waals surface area contributed by atoms with Gasteiger partial charge >= 0.3 is 5.76 Å². The molecule has 0 aliphatic heterocycles. The third kappa shape index (κ3) is 12.1. The van der Waals surface area contributed by atoms with Crippen molar-refractivity contribution in [3.63, 3.8) is 0 Å². The molecule has 0 radical (unpaired) electrons. The number of H-pyrrole nitrogens is 1. The Morgan fingerprint density at radius 1 is 0.800 bits per heavy atom. The van der Waals surface area contributed by atoms with Gasteiger partial charge in [0.1, 0.15) is 5.76 Å². The van der Waals surface area contributed by atoms with Crippen LogP contribution in [-0.2, 0) is 0 Å². The fraction of sp³-hybridized carbons (Fsp3) is 0.864. The molecule has 1 atom stereocenters. The minimum atomic E-state index is -0.335. The van der Waals surface area contributed by atoms with E-state index in [1.165, 1.54) is 96.3 Å². The highest BCUT2D eigenvalue weighted by Gasteiger charge is 2.09. The lowest BCUT2D eigenvalue weighted by molar-refractivity contribution is 0.423. The van der Waals surface area contributed by atoms with E-state index in [0.717, 1.165) is 12.2 Å². The molecular formula is C22H41NO2. The van der Waals surface area contributed by atoms with Crippen LogP contribution in [0.25, 0.3) is 0 Å². The summed E-state index contributed by atoms with van der Waals surface area (Å²) in [6.45, 7) is 4.42. The molecule has 1 N–H and O–H groups in total. The Kier molecular flexibility index (Phi) is 13.5. The summed E-state index contributed by atoms with van der Waals surface area (Å²) >= 11 is 0. The lowest BCUT2D eigenvalue weighted by atomic mass is 9.99. The van der Waals surface area contributed by atoms with Crippen LogP contribution in [0.5, 0.6) is 0 Å². The quantitative estimate of drug-likeness (QED) is 0.298. The maximum absolute atomic E-state index is 11.0. The van der Waals surface area contributed by atoms with Gasteiger partial charge in [-0.3, -0.25) is 4.98 Å². The molecule has 1 aromatic rings. The summed E-state index contributed by atoms with van der Waals surface area (Å²) in [6, 6.07) is 0. The van der Waals surface area contributed by atoms with Crippen molar-refractivity contribution >= 4 is 0 Å². The molecule has 1 aromatic heterocycles. The molecule has 0 bridgehead atoms. The van der Waals surface area contributed by atoms with Crippen molar-refractivity contribution in [1.29, 1.82) is 0 Å². The average molecular weight is 352 g/mol. The number of hydrogen-bond acceptors (Lipinski definition) is 2. The zero-order chi connectivity index (χ0) is 18.2. The van der Waals surface area contributed by atoms with Gasteiger partial charge in [0.25, 0.3) is 0 Å². The largest absolute Gasteiger partial charge is 0.416 e. The van der Waals surface area contributed by atoms with Gasteiger partial charge in [-0.25, -0.2) is 4.79 Å². The maximum Gasteiger partial charge on any atom is 0.416 e. The number of aromatic amines is 1. The Hall–Kier alpha value is -0.990. The lowest BCUT2D eigenvalue weighted by Gasteiger charge is -2.07. The molecule has 1 unspecified atom stereocenters. The van der Waals surface area contributed by atoms with E-state index in [0.29, 0.717) is 5.92 Å². The average Bonchev–Trinajstić information content (AvgIpc) is 3.04. The van der Waals surface area contributed by atoms with Crippen LogP contribution in [0.1, 0.15) is 128 Å². The Balaban J connectivity index is 1.78. The minimum absolute atomic E-state index is 0.335. The van der Waals surface area contributed by atoms with Crippen LogP contribution in [0, 0.1) is 0 Å². The third-order valence-electron chi connectivity index (χ3n) is 5.27. The molecule has 0 saturated carbocycles. The SMILES string of the molecule is CCCCCCCCCCCCCCCCCC(C)c1c[nH]c(=O)o1. The molecule has 0 amide bonds. The zero-order valence-electron chi connectivity index (χ0n) is 16.8. The van der Waals surface area contributed by atoms with Crippen molar-refractivity contribution in [3.05, 3.63) is 22.5 Å². The van der Waals surface area contributed by atoms with Crippen molar-refractivity contribution in [3.8, 4) is 0 Å². The molecule has 1 rings (SSSR count). The summed E-state index contributed by atoms with van der Waals surface area (Å²) in [7, 11) is 0. The predicted octanol–water partition coefficient (Wildman–Crippen LogP) is 7.33. The zero-order valence-corrected chi connectivity index (χ0v) is 16.8. The van der Waals surface area contributed by atoms with Gasteiger partial charge in [-0.1, -0.05) is 110 Å². The fourth-order valence-corrected chi connectivity index (χ4v) is 3.50. The van der Waals surface area contributed by atoms with Gasteiger partial charge in [0.15, 0.2) is 0 Å². The topological polar surface area (TPSA) is 46.0 Å². The van der Waals surface area contributed by atoms with Gasteiger partial charge in [0, 0.05) is 12.1 Å². The number of oxazole rings is 1. The van der Waals surface area contributed by atoms with E-state index < -0.39 is 0 Å². The van der Waals surface area contributed by atoms with Crippen molar-refractivity contribution in [2.24, 2.45) is 0 Å². The highest BCUT2D eigenvalue weighted by atomic mass is 16.4. The number of nitrogens with one attached hydrogen (secondary N) is 1. The van der Waals surface area contributed by atoms with Crippen LogP contribution in [0.4, 0.5) is 0 Å². The standard InChI is InChI=1S/C22H41NO2/c1-3-4-5-6-7-8-9-10-11-12-13-14-15-16-17-18-20(2)21-19-23-22(24)25-21/h19-20H,3-18H2,1-2H3,(H,23,24). The molecule has 25 heavy (non-hydrogen) atoms. The van der Waals surface area contributed by atoms with Crippen LogP contribution in [0.15, 0.2) is 15.4 Å². The molecule has 1 heterocycles. The van der Waals surface area contributed by atoms with Crippen molar-refractivity contribution < 1.29 is 4.42 Å². The van der Waals surface area contributed by atoms with E-state index in [-0.39, 0.29) is 5.76 Å². The minimum Gasteiger partial charge on any atom is -0.413 e. The molecule has 146 valence electrons. The number of unbranched alkanes of at least 4 members (excludes halogenated alkanes) is 14. The first kappa shape index (κ1) is 22.1. The number of hydrogen-bond donors (Lipinski definition) is 1. The highest BCUT2D eigenvalue weighted by Crippen LogP contribution is 2.21. The molecule has 3 nitrogen and oxygen atoms in total. The molecule has 0 fully saturated rings. The Bertz CT molecular complexity index is 449. The molecule has 0 aliphatic carbocycles. The van der Waals surface area contributed by atoms with Crippen LogP contribution in [-0.4, -0.2) is 4.98 Å². The maximum atomic E-state index is 11.0. The van der Waals surface area contributed by atoms with Gasteiger partial charge in [-0.2, -0.15) is 0 Å². The summed E-state index contributed by atoms with van der Waals surface area (Å²) in [4.78, 5) is 13.6. The van der Waals surface area contributed by atoms with Crippen LogP contribution in [0.2, 0.25) is 0 Å². The second-order valence-corrected chi connectivity index (χ2v) is 7.72. The summed E-state index contributed by atoms with van der Waals surface area (Å²) < 4.78 is 5.11. The highest BCUT2D eigenvalue weighted by molar-refractivity contribution is 4.96. The summed E-state index contributed by atoms with van der Waals surface area (Å²) in [5, 5.41) is 0. The molecule has 0 aromatic carbocycles. The van der Waals surface area contributed by atoms with Gasteiger partial charge in [-0.15, -0.1) is 0 Å². The van der Waals surface area contributed by atoms with Crippen molar-refractivity contribution in [1.82, 2.24) is 4.98 Å². The van der Waals surface area contributed by atoms with E-state index in [9.17, 15) is 4.79 Å². The van der Waals surface area contributed by atoms with Crippen LogP contribution >= 0.6 is 0 Å². The monoisotopic (exact) mass is 351 g/mol. The summed E-state index contributed by atoms with van der Waals surface area (Å²) in [5.41, 5.74) is 0. The second-order valence-electron chi connectivity index (χ2n) is 7.72. The van der Waals surface area contributed by atoms with Crippen LogP contribution < -0.4 is 5.76 Å². The summed E-state index contributed by atoms with van der Waals surface area (Å²) in [5.74, 6) is 0.814. The molecule has 0 aliphatic rings. The smallest absolute Gasteiger partial charge is 0.413 e. The van der Waals surface area contributed by atoms with Gasteiger partial charge in [-0.05, 0) is 6.42 Å². The first-order chi connectivity index (χ1) is 12.2. The van der Waals surface area contributed by atoms with E-state index in [2.05, 4.69) is 18.8 Å². The van der Waals surface area contributed by atoms with Crippen molar-refractivity contribution in [2.45, 2.75) is 122 Å². The lowest BCUT2D eigenvalue weighted by Crippen LogP contribution is -1.95. The van der Waals surface area contributed by atoms with E-state index in [1.54, 1.807) is 6.20 Å². The first-order valence-electron chi connectivity index (χ1n) is 10.9. The van der Waals surface area contributed by atoms with Gasteiger partial charge in [0.05, 0.1) is 0 Å². The predicted molar refractivity (Wildman–Crippen MR) is 107 cm³/mol. The Labute approximate surface area is 155 Å². The van der Waals surface area contributed by atoms with Crippen LogP contribution in [0.3, 0.4) is 0 Å². The molecule has 0 saturated heterocycles. The van der Waals surface area contributed by atoms with Crippen molar-refractivity contribution in [2.75, 3.05) is 0 Å². The Morgan fingerprint density at radius 2 is 1.24 bits per heavy atom. The molecular weight excluding hydrogens is 310 g/mol. The van der Waals surface area contributed by atoms with Gasteiger partial charge < -0.3 is 4.42 Å². The first-order valence-corrected chi connectivity index (χ1v) is 10.9. The van der Waals surface area contributed by atoms with E-state index >= 15 is 0 Å². The van der Waals surface area contributed by atoms with E-state index in [1.807, 2.05) is 0 Å². The van der Waals surface area contributed by atoms with E-state index in [4.69, 9.17) is 4.42 Å². The fourth-order valence-electron chi connectivity index (χ4n) is 3.50. The van der Waals surface area contributed by atoms with Gasteiger partial charge in [0.2, 0.25) is 0 Å². The molecule has 0 spiro atoms. The number of aromatic nitrogens is 1. The second kappa shape index (κ2) is 15.3. The molecule has 3 heteroatoms. The number of rotatable bonds is 17. The Morgan fingerprint density at radius 3 is 1.64 bits per heavy atom. The normalized spacial score (nSPS) is 12.6. The summed E-state index contributed by atoms with van der Waals surface area (Å²) in [6.07, 6.45) is 23.8. The third-order valence-corrected chi connectivity index (χ3v) is 5.27.